The molecule has 2 aliphatic heterocycles. The fraction of sp³-hybridized carbons (Fsp3) is 0.192. The highest BCUT2D eigenvalue weighted by Gasteiger charge is 2.36. The van der Waals surface area contributed by atoms with Crippen molar-refractivity contribution in [2.24, 2.45) is 4.99 Å². The minimum absolute atomic E-state index is 0.0236. The van der Waals surface area contributed by atoms with Crippen molar-refractivity contribution >= 4 is 39.0 Å². The third kappa shape index (κ3) is 4.48. The zero-order valence-electron chi connectivity index (χ0n) is 19.2. The minimum atomic E-state index is -4.21. The summed E-state index contributed by atoms with van der Waals surface area (Å²) in [5, 5.41) is 12.7. The largest absolute Gasteiger partial charge is 0.480 e. The summed E-state index contributed by atoms with van der Waals surface area (Å²) < 4.78 is 29.6. The van der Waals surface area contributed by atoms with E-state index in [1.807, 2.05) is 24.3 Å². The van der Waals surface area contributed by atoms with Crippen LogP contribution in [0.4, 0.5) is 11.4 Å². The maximum absolute atomic E-state index is 13.6. The van der Waals surface area contributed by atoms with E-state index >= 15 is 0 Å². The molecule has 0 radical (unpaired) electrons. The Hall–Kier alpha value is -4.02. The van der Waals surface area contributed by atoms with Gasteiger partial charge in [0.15, 0.2) is 6.17 Å². The van der Waals surface area contributed by atoms with Crippen LogP contribution in [0.25, 0.3) is 0 Å². The molecule has 3 aromatic carbocycles. The molecule has 0 saturated heterocycles. The molecule has 0 spiro atoms. The quantitative estimate of drug-likeness (QED) is 0.474. The lowest BCUT2D eigenvalue weighted by Gasteiger charge is -2.25. The second-order valence-electron chi connectivity index (χ2n) is 8.52. The van der Waals surface area contributed by atoms with Crippen molar-refractivity contribution in [1.82, 2.24) is 4.72 Å². The second kappa shape index (κ2) is 9.56. The Bertz CT molecular complexity index is 1470. The Morgan fingerprint density at radius 3 is 2.58 bits per heavy atom. The molecule has 0 aromatic heterocycles. The number of sulfonamides is 1. The summed E-state index contributed by atoms with van der Waals surface area (Å²) in [6.45, 7) is -0.00610. The molecule has 0 saturated carbocycles. The molecule has 2 aliphatic rings. The van der Waals surface area contributed by atoms with Crippen LogP contribution in [-0.4, -0.2) is 50.4 Å². The fourth-order valence-corrected chi connectivity index (χ4v) is 5.85. The van der Waals surface area contributed by atoms with Crippen LogP contribution in [0.5, 0.6) is 0 Å². The molecule has 1 atom stereocenters. The van der Waals surface area contributed by atoms with Gasteiger partial charge in [0.25, 0.3) is 5.91 Å². The minimum Gasteiger partial charge on any atom is -0.480 e. The molecular weight excluding hydrogens is 480 g/mol. The number of para-hydroxylation sites is 2. The average Bonchev–Trinajstić information content (AvgIpc) is 2.99. The summed E-state index contributed by atoms with van der Waals surface area (Å²) >= 11 is 0. The SMILES string of the molecule is O=C(O)CN1C(=O)C(NS(=O)(=O)c2cccc3c2NCCC3)N=C(c2ccccc2)c2ccccc21. The van der Waals surface area contributed by atoms with Gasteiger partial charge in [0.2, 0.25) is 10.0 Å². The van der Waals surface area contributed by atoms with Gasteiger partial charge in [0.1, 0.15) is 11.4 Å². The number of carboxylic acid groups (broad SMARTS) is 1. The van der Waals surface area contributed by atoms with E-state index in [1.54, 1.807) is 42.5 Å². The van der Waals surface area contributed by atoms with Crippen LogP contribution in [0.15, 0.2) is 82.7 Å². The molecule has 0 aliphatic carbocycles. The van der Waals surface area contributed by atoms with E-state index in [0.717, 1.165) is 23.3 Å². The number of benzodiazepines with no additional fused rings is 1. The molecular formula is C26H24N4O5S. The number of amides is 1. The zero-order chi connectivity index (χ0) is 25.3. The molecule has 36 heavy (non-hydrogen) atoms. The fourth-order valence-electron chi connectivity index (χ4n) is 4.54. The Morgan fingerprint density at radius 1 is 1.06 bits per heavy atom. The van der Waals surface area contributed by atoms with Gasteiger partial charge >= 0.3 is 5.97 Å². The molecule has 0 fully saturated rings. The van der Waals surface area contributed by atoms with E-state index < -0.39 is 34.6 Å². The van der Waals surface area contributed by atoms with Gasteiger partial charge in [-0.15, -0.1) is 0 Å². The summed E-state index contributed by atoms with van der Waals surface area (Å²) in [5.74, 6) is -2.01. The van der Waals surface area contributed by atoms with E-state index in [0.29, 0.717) is 34.8 Å². The predicted molar refractivity (Wildman–Crippen MR) is 136 cm³/mol. The van der Waals surface area contributed by atoms with Crippen LogP contribution in [0.3, 0.4) is 0 Å². The number of nitrogens with one attached hydrogen (secondary N) is 2. The third-order valence-corrected chi connectivity index (χ3v) is 7.59. The zero-order valence-corrected chi connectivity index (χ0v) is 20.0. The van der Waals surface area contributed by atoms with Crippen molar-refractivity contribution in [3.05, 3.63) is 89.5 Å². The van der Waals surface area contributed by atoms with Crippen molar-refractivity contribution in [2.75, 3.05) is 23.3 Å². The van der Waals surface area contributed by atoms with Crippen LogP contribution in [-0.2, 0) is 26.0 Å². The monoisotopic (exact) mass is 504 g/mol. The van der Waals surface area contributed by atoms with E-state index in [2.05, 4.69) is 15.0 Å². The molecule has 5 rings (SSSR count). The first kappa shape index (κ1) is 23.7. The van der Waals surface area contributed by atoms with Crippen molar-refractivity contribution < 1.29 is 23.1 Å². The lowest BCUT2D eigenvalue weighted by molar-refractivity contribution is -0.136. The number of nitrogens with zero attached hydrogens (tertiary/aromatic N) is 2. The normalized spacial score (nSPS) is 17.3. The number of benzene rings is 3. The van der Waals surface area contributed by atoms with E-state index in [-0.39, 0.29) is 4.90 Å². The van der Waals surface area contributed by atoms with Crippen molar-refractivity contribution in [1.29, 1.82) is 0 Å². The van der Waals surface area contributed by atoms with Gasteiger partial charge in [0, 0.05) is 17.7 Å². The number of hydrogen-bond acceptors (Lipinski definition) is 6. The first-order valence-electron chi connectivity index (χ1n) is 11.5. The van der Waals surface area contributed by atoms with Crippen LogP contribution in [0, 0.1) is 0 Å². The van der Waals surface area contributed by atoms with Crippen molar-refractivity contribution in [2.45, 2.75) is 23.9 Å². The van der Waals surface area contributed by atoms with Crippen LogP contribution < -0.4 is 14.9 Å². The molecule has 3 aromatic rings. The molecule has 9 nitrogen and oxygen atoms in total. The van der Waals surface area contributed by atoms with Crippen molar-refractivity contribution in [3.8, 4) is 0 Å². The van der Waals surface area contributed by atoms with E-state index in [9.17, 15) is 23.1 Å². The van der Waals surface area contributed by atoms with Gasteiger partial charge in [-0.05, 0) is 30.5 Å². The summed E-state index contributed by atoms with van der Waals surface area (Å²) in [4.78, 5) is 31.0. The van der Waals surface area contributed by atoms with Crippen molar-refractivity contribution in [3.63, 3.8) is 0 Å². The highest BCUT2D eigenvalue weighted by atomic mass is 32.2. The Kier molecular flexibility index (Phi) is 6.29. The maximum atomic E-state index is 13.6. The van der Waals surface area contributed by atoms with E-state index in [1.165, 1.54) is 6.07 Å². The number of hydrogen-bond donors (Lipinski definition) is 3. The van der Waals surface area contributed by atoms with E-state index in [4.69, 9.17) is 0 Å². The molecule has 0 bridgehead atoms. The number of aryl methyl sites for hydroxylation is 1. The third-order valence-electron chi connectivity index (χ3n) is 6.14. The summed E-state index contributed by atoms with van der Waals surface area (Å²) in [6, 6.07) is 20.9. The molecule has 10 heteroatoms. The first-order chi connectivity index (χ1) is 17.3. The number of carbonyl (C=O) groups is 2. The molecule has 1 amide bonds. The van der Waals surface area contributed by atoms with Gasteiger partial charge in [-0.1, -0.05) is 60.7 Å². The van der Waals surface area contributed by atoms with Crippen LogP contribution >= 0.6 is 0 Å². The Balaban J connectivity index is 1.63. The summed E-state index contributed by atoms with van der Waals surface area (Å²) in [6.07, 6.45) is 0.0564. The smallest absolute Gasteiger partial charge is 0.323 e. The lowest BCUT2D eigenvalue weighted by Crippen LogP contribution is -2.48. The van der Waals surface area contributed by atoms with Gasteiger partial charge < -0.3 is 10.4 Å². The van der Waals surface area contributed by atoms with Gasteiger partial charge in [-0.3, -0.25) is 19.5 Å². The molecule has 1 unspecified atom stereocenters. The molecule has 2 heterocycles. The number of fused-ring (bicyclic) bond motifs is 2. The Labute approximate surface area is 208 Å². The standard InChI is InChI=1S/C26H24N4O5S/c31-22(32)16-30-20-13-5-4-12-19(20)23(17-8-2-1-3-9-17)28-25(26(30)33)29-36(34,35)21-14-6-10-18-11-7-15-27-24(18)21/h1-6,8-10,12-14,25,27,29H,7,11,15-16H2,(H,31,32). The summed E-state index contributed by atoms with van der Waals surface area (Å²) in [5.41, 5.74) is 3.30. The Morgan fingerprint density at radius 2 is 1.81 bits per heavy atom. The second-order valence-corrected chi connectivity index (χ2v) is 10.2. The van der Waals surface area contributed by atoms with Gasteiger partial charge in [-0.2, -0.15) is 4.72 Å². The highest BCUT2D eigenvalue weighted by molar-refractivity contribution is 7.89. The molecule has 184 valence electrons. The number of aliphatic imine (C=N–C) groups is 1. The number of rotatable bonds is 6. The number of aliphatic carboxylic acids is 1. The molecule has 3 N–H and O–H groups in total. The topological polar surface area (TPSA) is 128 Å². The number of carboxylic acids is 1. The van der Waals surface area contributed by atoms with Gasteiger partial charge in [-0.25, -0.2) is 8.42 Å². The predicted octanol–water partition coefficient (Wildman–Crippen LogP) is 2.62. The average molecular weight is 505 g/mol. The summed E-state index contributed by atoms with van der Waals surface area (Å²) in [7, 11) is -4.21. The van der Waals surface area contributed by atoms with Crippen LogP contribution in [0.1, 0.15) is 23.1 Å². The first-order valence-corrected chi connectivity index (χ1v) is 13.0. The highest BCUT2D eigenvalue weighted by Crippen LogP contribution is 2.31. The number of carbonyl (C=O) groups excluding carboxylic acids is 1. The number of anilines is 2. The lowest BCUT2D eigenvalue weighted by atomic mass is 10.0. The maximum Gasteiger partial charge on any atom is 0.323 e. The van der Waals surface area contributed by atoms with Gasteiger partial charge in [0.05, 0.1) is 17.1 Å². The van der Waals surface area contributed by atoms with Crippen LogP contribution in [0.2, 0.25) is 0 Å².